The molecular weight excluding hydrogens is 394 g/mol. The van der Waals surface area contributed by atoms with Crippen molar-refractivity contribution in [3.8, 4) is 17.0 Å². The Morgan fingerprint density at radius 2 is 2.00 bits per heavy atom. The van der Waals surface area contributed by atoms with E-state index in [0.717, 1.165) is 30.4 Å². The van der Waals surface area contributed by atoms with Crippen LogP contribution in [0.1, 0.15) is 29.7 Å². The van der Waals surface area contributed by atoms with Crippen LogP contribution in [0.2, 0.25) is 0 Å². The average molecular weight is 415 g/mol. The van der Waals surface area contributed by atoms with E-state index in [1.165, 1.54) is 19.4 Å². The highest BCUT2D eigenvalue weighted by Crippen LogP contribution is 2.32. The van der Waals surface area contributed by atoms with Crippen LogP contribution in [0.15, 0.2) is 50.7 Å². The van der Waals surface area contributed by atoms with Crippen molar-refractivity contribution in [1.29, 1.82) is 0 Å². The Morgan fingerprint density at radius 1 is 1.21 bits per heavy atom. The second-order valence-corrected chi connectivity index (χ2v) is 8.57. The SMILES string of the molecule is COc1ccc(-c2n[nH]c(=O)c3c2CCCC3)cc1S(=O)(=O)NCc1ccco1. The van der Waals surface area contributed by atoms with E-state index in [-0.39, 0.29) is 22.7 Å². The third-order valence-electron chi connectivity index (χ3n) is 5.04. The second kappa shape index (κ2) is 7.84. The summed E-state index contributed by atoms with van der Waals surface area (Å²) in [5, 5.41) is 6.76. The number of nitrogens with zero attached hydrogens (tertiary/aromatic N) is 1. The minimum atomic E-state index is -3.87. The largest absolute Gasteiger partial charge is 0.495 e. The first-order chi connectivity index (χ1) is 14.0. The minimum absolute atomic E-state index is 0.00150. The van der Waals surface area contributed by atoms with Crippen molar-refractivity contribution in [3.63, 3.8) is 0 Å². The monoisotopic (exact) mass is 415 g/mol. The van der Waals surface area contributed by atoms with Crippen LogP contribution in [-0.2, 0) is 29.4 Å². The van der Waals surface area contributed by atoms with Crippen LogP contribution in [0.3, 0.4) is 0 Å². The van der Waals surface area contributed by atoms with Crippen molar-refractivity contribution >= 4 is 10.0 Å². The molecule has 0 aliphatic heterocycles. The van der Waals surface area contributed by atoms with Gasteiger partial charge in [-0.25, -0.2) is 18.2 Å². The number of fused-ring (bicyclic) bond motifs is 1. The normalized spacial score (nSPS) is 13.8. The number of ether oxygens (including phenoxy) is 1. The smallest absolute Gasteiger partial charge is 0.267 e. The highest BCUT2D eigenvalue weighted by molar-refractivity contribution is 7.89. The third-order valence-corrected chi connectivity index (χ3v) is 6.46. The molecule has 3 aromatic rings. The number of hydrogen-bond donors (Lipinski definition) is 2. The van der Waals surface area contributed by atoms with Crippen molar-refractivity contribution in [1.82, 2.24) is 14.9 Å². The molecular formula is C20H21N3O5S. The van der Waals surface area contributed by atoms with Gasteiger partial charge < -0.3 is 9.15 Å². The van der Waals surface area contributed by atoms with E-state index in [0.29, 0.717) is 23.4 Å². The molecule has 0 saturated heterocycles. The van der Waals surface area contributed by atoms with Crippen LogP contribution in [0, 0.1) is 0 Å². The summed E-state index contributed by atoms with van der Waals surface area (Å²) in [6.45, 7) is 0.0228. The number of methoxy groups -OCH3 is 1. The maximum absolute atomic E-state index is 12.9. The maximum atomic E-state index is 12.9. The Balaban J connectivity index is 1.75. The van der Waals surface area contributed by atoms with Gasteiger partial charge in [0.2, 0.25) is 10.0 Å². The molecule has 0 amide bonds. The van der Waals surface area contributed by atoms with Crippen LogP contribution in [-0.4, -0.2) is 25.7 Å². The lowest BCUT2D eigenvalue weighted by atomic mass is 9.90. The van der Waals surface area contributed by atoms with Crippen molar-refractivity contribution in [2.75, 3.05) is 7.11 Å². The lowest BCUT2D eigenvalue weighted by molar-refractivity contribution is 0.402. The maximum Gasteiger partial charge on any atom is 0.267 e. The average Bonchev–Trinajstić information content (AvgIpc) is 3.26. The molecule has 4 rings (SSSR count). The number of nitrogens with one attached hydrogen (secondary N) is 2. The van der Waals surface area contributed by atoms with E-state index in [4.69, 9.17) is 9.15 Å². The van der Waals surface area contributed by atoms with Gasteiger partial charge in [-0.3, -0.25) is 4.79 Å². The Bertz CT molecular complexity index is 1180. The van der Waals surface area contributed by atoms with Gasteiger partial charge in [0.25, 0.3) is 5.56 Å². The van der Waals surface area contributed by atoms with Gasteiger partial charge in [-0.05, 0) is 61.6 Å². The summed E-state index contributed by atoms with van der Waals surface area (Å²) in [5.41, 5.74) is 2.66. The molecule has 0 atom stereocenters. The molecule has 29 heavy (non-hydrogen) atoms. The number of aromatic amines is 1. The number of H-pyrrole nitrogens is 1. The minimum Gasteiger partial charge on any atom is -0.495 e. The van der Waals surface area contributed by atoms with E-state index < -0.39 is 10.0 Å². The molecule has 152 valence electrons. The van der Waals surface area contributed by atoms with Gasteiger partial charge in [0.15, 0.2) is 0 Å². The zero-order chi connectivity index (χ0) is 20.4. The quantitative estimate of drug-likeness (QED) is 0.639. The highest BCUT2D eigenvalue weighted by atomic mass is 32.2. The topological polar surface area (TPSA) is 114 Å². The van der Waals surface area contributed by atoms with Crippen LogP contribution in [0.4, 0.5) is 0 Å². The van der Waals surface area contributed by atoms with Gasteiger partial charge in [0.1, 0.15) is 16.4 Å². The van der Waals surface area contributed by atoms with Crippen LogP contribution in [0.5, 0.6) is 5.75 Å². The number of rotatable bonds is 6. The van der Waals surface area contributed by atoms with E-state index >= 15 is 0 Å². The van der Waals surface area contributed by atoms with Crippen molar-refractivity contribution in [2.24, 2.45) is 0 Å². The molecule has 0 saturated carbocycles. The van der Waals surface area contributed by atoms with Crippen LogP contribution in [0.25, 0.3) is 11.3 Å². The number of furan rings is 1. The summed E-state index contributed by atoms with van der Waals surface area (Å²) in [7, 11) is -2.46. The fourth-order valence-corrected chi connectivity index (χ4v) is 4.77. The number of benzene rings is 1. The van der Waals surface area contributed by atoms with Gasteiger partial charge in [-0.15, -0.1) is 0 Å². The zero-order valence-corrected chi connectivity index (χ0v) is 16.7. The predicted octanol–water partition coefficient (Wildman–Crippen LogP) is 2.40. The molecule has 1 aromatic carbocycles. The Morgan fingerprint density at radius 3 is 2.72 bits per heavy atom. The van der Waals surface area contributed by atoms with Gasteiger partial charge in [0.05, 0.1) is 25.6 Å². The van der Waals surface area contributed by atoms with Gasteiger partial charge in [-0.2, -0.15) is 5.10 Å². The molecule has 2 heterocycles. The van der Waals surface area contributed by atoms with Crippen molar-refractivity contribution < 1.29 is 17.6 Å². The molecule has 9 heteroatoms. The van der Waals surface area contributed by atoms with Gasteiger partial charge in [-0.1, -0.05) is 0 Å². The predicted molar refractivity (Wildman–Crippen MR) is 106 cm³/mol. The first kappa shape index (κ1) is 19.4. The molecule has 2 aromatic heterocycles. The Kier molecular flexibility index (Phi) is 5.25. The summed E-state index contributed by atoms with van der Waals surface area (Å²) in [5.74, 6) is 0.721. The van der Waals surface area contributed by atoms with E-state index in [9.17, 15) is 13.2 Å². The fraction of sp³-hybridized carbons (Fsp3) is 0.300. The van der Waals surface area contributed by atoms with E-state index in [2.05, 4.69) is 14.9 Å². The molecule has 0 unspecified atom stereocenters. The van der Waals surface area contributed by atoms with Crippen molar-refractivity contribution in [2.45, 2.75) is 37.1 Å². The lowest BCUT2D eigenvalue weighted by Crippen LogP contribution is -2.24. The van der Waals surface area contributed by atoms with Gasteiger partial charge >= 0.3 is 0 Å². The highest BCUT2D eigenvalue weighted by Gasteiger charge is 2.24. The number of hydrogen-bond acceptors (Lipinski definition) is 6. The second-order valence-electron chi connectivity index (χ2n) is 6.84. The summed E-state index contributed by atoms with van der Waals surface area (Å²) in [4.78, 5) is 12.1. The number of sulfonamides is 1. The molecule has 1 aliphatic carbocycles. The van der Waals surface area contributed by atoms with Crippen LogP contribution < -0.4 is 15.0 Å². The Labute approximate surface area is 168 Å². The molecule has 0 spiro atoms. The van der Waals surface area contributed by atoms with Crippen LogP contribution >= 0.6 is 0 Å². The molecule has 8 nitrogen and oxygen atoms in total. The summed E-state index contributed by atoms with van der Waals surface area (Å²) in [6, 6.07) is 8.25. The molecule has 0 bridgehead atoms. The number of aromatic nitrogens is 2. The molecule has 1 aliphatic rings. The van der Waals surface area contributed by atoms with Crippen molar-refractivity contribution in [3.05, 3.63) is 63.8 Å². The third kappa shape index (κ3) is 3.83. The van der Waals surface area contributed by atoms with Gasteiger partial charge in [0, 0.05) is 11.1 Å². The summed E-state index contributed by atoms with van der Waals surface area (Å²) < 4.78 is 38.8. The fourth-order valence-electron chi connectivity index (χ4n) is 3.59. The zero-order valence-electron chi connectivity index (χ0n) is 15.9. The molecule has 0 fully saturated rings. The molecule has 2 N–H and O–H groups in total. The summed E-state index contributed by atoms with van der Waals surface area (Å²) >= 11 is 0. The molecule has 0 radical (unpaired) electrons. The lowest BCUT2D eigenvalue weighted by Gasteiger charge is -2.18. The standard InChI is InChI=1S/C20H21N3O5S/c1-27-17-9-8-13(19-15-6-2-3-7-16(15)20(24)23-22-19)11-18(17)29(25,26)21-12-14-5-4-10-28-14/h4-5,8-11,21H,2-3,6-7,12H2,1H3,(H,23,24). The van der Waals surface area contributed by atoms with E-state index in [1.807, 2.05) is 0 Å². The van der Waals surface area contributed by atoms with E-state index in [1.54, 1.807) is 24.3 Å². The first-order valence-electron chi connectivity index (χ1n) is 9.30. The first-order valence-corrected chi connectivity index (χ1v) is 10.8. The summed E-state index contributed by atoms with van der Waals surface area (Å²) in [6.07, 6.45) is 4.85. The Hall–Kier alpha value is -2.91.